The molecule has 2 fully saturated rings. The average Bonchev–Trinajstić information content (AvgIpc) is 3.30. The normalized spacial score (nSPS) is 21.3. The standard InChI is InChI=1S/C11H18N4OS.2C2HF3O2/c1-2-16-10-5-9-6-15(4-3-14(9)7-10)11-13-12-8-17-11;2*3-2(4,5)1(6)7/h8-10H,2-7H2,1H3;2*(H,6,7)/t9-,10+;;/m0../s1. The van der Waals surface area contributed by atoms with Crippen molar-refractivity contribution in [2.24, 2.45) is 0 Å². The third-order valence-corrected chi connectivity index (χ3v) is 4.83. The zero-order valence-corrected chi connectivity index (χ0v) is 16.9. The summed E-state index contributed by atoms with van der Waals surface area (Å²) in [5.74, 6) is -5.51. The molecule has 1 aromatic heterocycles. The molecule has 1 aromatic rings. The molecule has 0 bridgehead atoms. The lowest BCUT2D eigenvalue weighted by atomic mass is 10.1. The van der Waals surface area contributed by atoms with Gasteiger partial charge in [0.25, 0.3) is 0 Å². The Kier molecular flexibility index (Phi) is 9.89. The van der Waals surface area contributed by atoms with E-state index in [1.807, 2.05) is 0 Å². The molecule has 2 aliphatic heterocycles. The molecule has 2 aliphatic rings. The lowest BCUT2D eigenvalue weighted by Crippen LogP contribution is -2.50. The van der Waals surface area contributed by atoms with Crippen molar-refractivity contribution in [3.63, 3.8) is 0 Å². The molecule has 2 saturated heterocycles. The van der Waals surface area contributed by atoms with Crippen LogP contribution >= 0.6 is 11.3 Å². The number of hydrogen-bond acceptors (Lipinski definition) is 8. The first-order valence-electron chi connectivity index (χ1n) is 8.72. The van der Waals surface area contributed by atoms with Crippen LogP contribution in [0.25, 0.3) is 0 Å². The van der Waals surface area contributed by atoms with E-state index in [0.29, 0.717) is 12.1 Å². The van der Waals surface area contributed by atoms with Crippen LogP contribution in [0.1, 0.15) is 13.3 Å². The van der Waals surface area contributed by atoms with E-state index in [-0.39, 0.29) is 0 Å². The van der Waals surface area contributed by atoms with Crippen molar-refractivity contribution in [3.05, 3.63) is 5.51 Å². The van der Waals surface area contributed by atoms with Crippen LogP contribution in [-0.4, -0.2) is 94.5 Å². The van der Waals surface area contributed by atoms with E-state index in [1.165, 1.54) is 0 Å². The van der Waals surface area contributed by atoms with Crippen LogP contribution in [-0.2, 0) is 14.3 Å². The Labute approximate surface area is 176 Å². The number of carbonyl (C=O) groups is 2. The molecule has 178 valence electrons. The van der Waals surface area contributed by atoms with Gasteiger partial charge in [0.1, 0.15) is 5.51 Å². The van der Waals surface area contributed by atoms with E-state index in [2.05, 4.69) is 26.9 Å². The fourth-order valence-electron chi connectivity index (χ4n) is 2.83. The van der Waals surface area contributed by atoms with E-state index in [9.17, 15) is 26.3 Å². The zero-order chi connectivity index (χ0) is 23.8. The number of aromatic nitrogens is 2. The average molecular weight is 482 g/mol. The third kappa shape index (κ3) is 9.22. The minimum Gasteiger partial charge on any atom is -0.475 e. The molecule has 0 aromatic carbocycles. The third-order valence-electron chi connectivity index (χ3n) is 4.08. The van der Waals surface area contributed by atoms with E-state index >= 15 is 0 Å². The summed E-state index contributed by atoms with van der Waals surface area (Å²) >= 11 is 1.63. The molecule has 0 spiro atoms. The SMILES string of the molecule is CCO[C@@H]1C[C@H]2CN(c3nncs3)CCN2C1.O=C(O)C(F)(F)F.O=C(O)C(F)(F)F. The molecule has 2 atom stereocenters. The molecule has 0 unspecified atom stereocenters. The summed E-state index contributed by atoms with van der Waals surface area (Å²) in [4.78, 5) is 22.7. The van der Waals surface area contributed by atoms with Crippen LogP contribution in [0.5, 0.6) is 0 Å². The summed E-state index contributed by atoms with van der Waals surface area (Å²) in [5.41, 5.74) is 1.80. The van der Waals surface area contributed by atoms with Crippen molar-refractivity contribution in [2.75, 3.05) is 37.7 Å². The number of alkyl halides is 6. The topological polar surface area (TPSA) is 116 Å². The van der Waals surface area contributed by atoms with Crippen LogP contribution in [0.4, 0.5) is 31.5 Å². The monoisotopic (exact) mass is 482 g/mol. The molecule has 0 radical (unpaired) electrons. The van der Waals surface area contributed by atoms with Gasteiger partial charge < -0.3 is 19.8 Å². The second-order valence-corrected chi connectivity index (χ2v) is 7.05. The molecule has 3 heterocycles. The van der Waals surface area contributed by atoms with Gasteiger partial charge in [-0.25, -0.2) is 9.59 Å². The number of anilines is 1. The molecule has 3 rings (SSSR count). The van der Waals surface area contributed by atoms with Gasteiger partial charge in [0.15, 0.2) is 0 Å². The predicted octanol–water partition coefficient (Wildman–Crippen LogP) is 2.10. The van der Waals surface area contributed by atoms with E-state index < -0.39 is 24.3 Å². The van der Waals surface area contributed by atoms with Crippen LogP contribution in [0.2, 0.25) is 0 Å². The summed E-state index contributed by atoms with van der Waals surface area (Å²) in [6.45, 7) is 7.25. The van der Waals surface area contributed by atoms with Gasteiger partial charge >= 0.3 is 24.3 Å². The molecule has 9 nitrogen and oxygen atoms in total. The zero-order valence-electron chi connectivity index (χ0n) is 16.1. The number of carboxylic acids is 2. The maximum atomic E-state index is 10.6. The first kappa shape index (κ1) is 26.8. The maximum absolute atomic E-state index is 10.6. The van der Waals surface area contributed by atoms with Crippen LogP contribution < -0.4 is 4.90 Å². The summed E-state index contributed by atoms with van der Waals surface area (Å²) in [6.07, 6.45) is -8.58. The molecule has 2 N–H and O–H groups in total. The highest BCUT2D eigenvalue weighted by molar-refractivity contribution is 7.13. The Morgan fingerprint density at radius 3 is 2.10 bits per heavy atom. The van der Waals surface area contributed by atoms with Gasteiger partial charge in [0.05, 0.1) is 6.10 Å². The van der Waals surface area contributed by atoms with Gasteiger partial charge in [0, 0.05) is 38.8 Å². The summed E-state index contributed by atoms with van der Waals surface area (Å²) in [6, 6.07) is 0.629. The number of halogens is 6. The molecular formula is C15H20F6N4O5S. The first-order valence-corrected chi connectivity index (χ1v) is 9.60. The molecule has 16 heteroatoms. The Morgan fingerprint density at radius 1 is 1.13 bits per heavy atom. The Hall–Kier alpha value is -2.20. The number of nitrogens with zero attached hydrogens (tertiary/aromatic N) is 4. The van der Waals surface area contributed by atoms with Gasteiger partial charge in [-0.1, -0.05) is 11.3 Å². The lowest BCUT2D eigenvalue weighted by molar-refractivity contribution is -0.193. The highest BCUT2D eigenvalue weighted by Crippen LogP contribution is 2.27. The highest BCUT2D eigenvalue weighted by Gasteiger charge is 2.39. The lowest BCUT2D eigenvalue weighted by Gasteiger charge is -2.36. The van der Waals surface area contributed by atoms with E-state index in [4.69, 9.17) is 24.5 Å². The fraction of sp³-hybridized carbons (Fsp3) is 0.733. The highest BCUT2D eigenvalue weighted by atomic mass is 32.1. The van der Waals surface area contributed by atoms with Crippen molar-refractivity contribution in [1.29, 1.82) is 0 Å². The molecule has 0 aliphatic carbocycles. The van der Waals surface area contributed by atoms with E-state index in [0.717, 1.165) is 44.3 Å². The van der Waals surface area contributed by atoms with Crippen molar-refractivity contribution in [1.82, 2.24) is 15.1 Å². The fourth-order valence-corrected chi connectivity index (χ4v) is 3.43. The van der Waals surface area contributed by atoms with Crippen molar-refractivity contribution in [3.8, 4) is 0 Å². The maximum Gasteiger partial charge on any atom is 0.490 e. The minimum absolute atomic E-state index is 0.430. The quantitative estimate of drug-likeness (QED) is 0.625. The van der Waals surface area contributed by atoms with E-state index in [1.54, 1.807) is 16.8 Å². The number of ether oxygens (including phenoxy) is 1. The van der Waals surface area contributed by atoms with Crippen LogP contribution in [0.15, 0.2) is 5.51 Å². The first-order chi connectivity index (χ1) is 14.3. The summed E-state index contributed by atoms with van der Waals surface area (Å²) < 4.78 is 69.2. The number of rotatable bonds is 3. The number of hydrogen-bond donors (Lipinski definition) is 2. The number of piperazine rings is 1. The van der Waals surface area contributed by atoms with Crippen molar-refractivity contribution >= 4 is 28.4 Å². The second kappa shape index (κ2) is 11.4. The van der Waals surface area contributed by atoms with Gasteiger partial charge in [-0.05, 0) is 13.3 Å². The summed E-state index contributed by atoms with van der Waals surface area (Å²) in [5, 5.41) is 23.4. The van der Waals surface area contributed by atoms with Gasteiger partial charge in [-0.2, -0.15) is 26.3 Å². The smallest absolute Gasteiger partial charge is 0.475 e. The Bertz CT molecular complexity index is 679. The molecule has 31 heavy (non-hydrogen) atoms. The predicted molar refractivity (Wildman–Crippen MR) is 94.9 cm³/mol. The van der Waals surface area contributed by atoms with Crippen molar-refractivity contribution in [2.45, 2.75) is 37.8 Å². The van der Waals surface area contributed by atoms with Gasteiger partial charge in [-0.15, -0.1) is 10.2 Å². The number of fused-ring (bicyclic) bond motifs is 1. The van der Waals surface area contributed by atoms with Gasteiger partial charge in [-0.3, -0.25) is 4.90 Å². The summed E-state index contributed by atoms with van der Waals surface area (Å²) in [7, 11) is 0. The molecule has 0 saturated carbocycles. The number of aliphatic carboxylic acids is 2. The molecular weight excluding hydrogens is 462 g/mol. The Balaban J connectivity index is 0.000000288. The minimum atomic E-state index is -5.08. The van der Waals surface area contributed by atoms with Crippen molar-refractivity contribution < 1.29 is 50.9 Å². The van der Waals surface area contributed by atoms with Crippen LogP contribution in [0.3, 0.4) is 0 Å². The Morgan fingerprint density at radius 2 is 1.68 bits per heavy atom. The largest absolute Gasteiger partial charge is 0.490 e. The number of carboxylic acid groups (broad SMARTS) is 2. The molecule has 0 amide bonds. The van der Waals surface area contributed by atoms with Gasteiger partial charge in [0.2, 0.25) is 5.13 Å². The second-order valence-electron chi connectivity index (χ2n) is 6.23. The van der Waals surface area contributed by atoms with Crippen LogP contribution in [0, 0.1) is 0 Å².